The van der Waals surface area contributed by atoms with Crippen LogP contribution >= 0.6 is 0 Å². The minimum absolute atomic E-state index is 0.174. The van der Waals surface area contributed by atoms with Crippen LogP contribution in [0.15, 0.2) is 18.2 Å². The van der Waals surface area contributed by atoms with Crippen LogP contribution in [0.2, 0.25) is 0 Å². The number of aromatic hydroxyl groups is 1. The van der Waals surface area contributed by atoms with E-state index in [0.717, 1.165) is 54.7 Å². The van der Waals surface area contributed by atoms with E-state index in [1.165, 1.54) is 96.3 Å². The molecule has 4 aliphatic rings. The topological polar surface area (TPSA) is 58.6 Å². The van der Waals surface area contributed by atoms with Crippen molar-refractivity contribution in [2.45, 2.75) is 141 Å². The van der Waals surface area contributed by atoms with E-state index in [4.69, 9.17) is 4.74 Å². The second kappa shape index (κ2) is 14.4. The summed E-state index contributed by atoms with van der Waals surface area (Å²) < 4.78 is 5.86. The summed E-state index contributed by atoms with van der Waals surface area (Å²) in [4.78, 5) is 12.6. The number of hydrogen-bond acceptors (Lipinski definition) is 3. The van der Waals surface area contributed by atoms with Crippen molar-refractivity contribution >= 4 is 5.91 Å². The van der Waals surface area contributed by atoms with Crippen LogP contribution in [0.5, 0.6) is 11.5 Å². The molecule has 0 heterocycles. The Kier molecular flexibility index (Phi) is 11.0. The Hall–Kier alpha value is -1.71. The third-order valence-electron chi connectivity index (χ3n) is 9.37. The summed E-state index contributed by atoms with van der Waals surface area (Å²) in [6, 6.07) is 5.79. The van der Waals surface area contributed by atoms with Gasteiger partial charge in [-0.25, -0.2) is 0 Å². The molecule has 0 unspecified atom stereocenters. The lowest BCUT2D eigenvalue weighted by atomic mass is 9.53. The largest absolute Gasteiger partial charge is 0.508 e. The first-order chi connectivity index (χ1) is 18.0. The molecular weight excluding hydrogens is 458 g/mol. The quantitative estimate of drug-likeness (QED) is 0.194. The van der Waals surface area contributed by atoms with E-state index < -0.39 is 0 Å². The molecule has 4 fully saturated rings. The zero-order valence-corrected chi connectivity index (χ0v) is 23.6. The molecule has 4 saturated carbocycles. The number of phenolic OH excluding ortho intramolecular Hbond substituents is 1. The van der Waals surface area contributed by atoms with Crippen LogP contribution in [0.3, 0.4) is 0 Å². The zero-order chi connectivity index (χ0) is 25.9. The number of amides is 1. The van der Waals surface area contributed by atoms with Crippen molar-refractivity contribution < 1.29 is 14.6 Å². The molecule has 0 spiro atoms. The molecule has 1 aromatic carbocycles. The zero-order valence-electron chi connectivity index (χ0n) is 23.6. The highest BCUT2D eigenvalue weighted by molar-refractivity contribution is 5.76. The molecule has 0 atom stereocenters. The molecule has 0 saturated heterocycles. The first-order valence-corrected chi connectivity index (χ1v) is 15.8. The third-order valence-corrected chi connectivity index (χ3v) is 9.37. The van der Waals surface area contributed by atoms with Gasteiger partial charge >= 0.3 is 0 Å². The van der Waals surface area contributed by atoms with Crippen molar-refractivity contribution in [2.75, 3.05) is 6.61 Å². The maximum absolute atomic E-state index is 12.6. The van der Waals surface area contributed by atoms with Gasteiger partial charge in [0.25, 0.3) is 0 Å². The first-order valence-electron chi connectivity index (χ1n) is 15.8. The van der Waals surface area contributed by atoms with Crippen molar-refractivity contribution in [2.24, 2.45) is 17.8 Å². The van der Waals surface area contributed by atoms with Crippen LogP contribution in [0.25, 0.3) is 0 Å². The van der Waals surface area contributed by atoms with Crippen molar-refractivity contribution in [1.29, 1.82) is 0 Å². The molecular formula is C33H53NO3. The number of aryl methyl sites for hydroxylation is 1. The molecule has 4 aliphatic carbocycles. The molecule has 1 amide bonds. The average molecular weight is 512 g/mol. The number of carbonyl (C=O) groups excluding carboxylic acids is 1. The van der Waals surface area contributed by atoms with E-state index >= 15 is 0 Å². The second-order valence-corrected chi connectivity index (χ2v) is 12.8. The van der Waals surface area contributed by atoms with E-state index in [9.17, 15) is 9.90 Å². The summed E-state index contributed by atoms with van der Waals surface area (Å²) in [5, 5.41) is 13.8. The summed E-state index contributed by atoms with van der Waals surface area (Å²) in [5.74, 6) is 4.15. The van der Waals surface area contributed by atoms with Gasteiger partial charge < -0.3 is 15.2 Å². The van der Waals surface area contributed by atoms with Gasteiger partial charge in [-0.1, -0.05) is 70.8 Å². The molecule has 4 bridgehead atoms. The Morgan fingerprint density at radius 2 is 1.46 bits per heavy atom. The summed E-state index contributed by atoms with van der Waals surface area (Å²) >= 11 is 0. The van der Waals surface area contributed by atoms with Gasteiger partial charge in [-0.05, 0) is 93.6 Å². The summed E-state index contributed by atoms with van der Waals surface area (Å²) in [6.45, 7) is 2.93. The van der Waals surface area contributed by atoms with Gasteiger partial charge in [-0.15, -0.1) is 0 Å². The highest BCUT2D eigenvalue weighted by Crippen LogP contribution is 2.55. The number of ether oxygens (including phenoxy) is 1. The van der Waals surface area contributed by atoms with E-state index in [1.807, 2.05) is 12.1 Å². The fourth-order valence-corrected chi connectivity index (χ4v) is 7.85. The molecule has 2 N–H and O–H groups in total. The number of benzene rings is 1. The van der Waals surface area contributed by atoms with Crippen LogP contribution in [-0.2, 0) is 11.2 Å². The Balaban J connectivity index is 0.961. The minimum Gasteiger partial charge on any atom is -0.508 e. The van der Waals surface area contributed by atoms with Crippen molar-refractivity contribution in [1.82, 2.24) is 5.32 Å². The standard InChI is InChI=1S/C33H53NO3/c1-2-3-4-11-14-29-16-17-30(22-31(29)35)37-18-13-10-8-6-5-7-9-12-15-32(36)34-33-23-26-19-27(24-33)21-28(20-26)25-33/h16-17,22,26-28,35H,2-15,18-21,23-25H2,1H3,(H,34,36). The molecule has 4 heteroatoms. The summed E-state index contributed by atoms with van der Waals surface area (Å²) in [5.41, 5.74) is 1.21. The van der Waals surface area contributed by atoms with E-state index in [2.05, 4.69) is 12.2 Å². The molecule has 1 aromatic rings. The van der Waals surface area contributed by atoms with Crippen molar-refractivity contribution in [3.8, 4) is 11.5 Å². The number of rotatable bonds is 18. The van der Waals surface area contributed by atoms with Gasteiger partial charge in [-0.3, -0.25) is 4.79 Å². The Bertz CT molecular complexity index is 800. The monoisotopic (exact) mass is 511 g/mol. The van der Waals surface area contributed by atoms with Crippen LogP contribution in [0, 0.1) is 17.8 Å². The molecule has 4 nitrogen and oxygen atoms in total. The van der Waals surface area contributed by atoms with Crippen LogP contribution in [0.1, 0.15) is 134 Å². The van der Waals surface area contributed by atoms with E-state index in [0.29, 0.717) is 24.7 Å². The highest BCUT2D eigenvalue weighted by atomic mass is 16.5. The second-order valence-electron chi connectivity index (χ2n) is 12.8. The molecule has 5 rings (SSSR count). The number of nitrogens with one attached hydrogen (secondary N) is 1. The fraction of sp³-hybridized carbons (Fsp3) is 0.788. The summed E-state index contributed by atoms with van der Waals surface area (Å²) in [7, 11) is 0. The van der Waals surface area contributed by atoms with Gasteiger partial charge in [-0.2, -0.15) is 0 Å². The van der Waals surface area contributed by atoms with Gasteiger partial charge in [0.15, 0.2) is 0 Å². The predicted molar refractivity (Wildman–Crippen MR) is 152 cm³/mol. The van der Waals surface area contributed by atoms with Gasteiger partial charge in [0, 0.05) is 18.0 Å². The van der Waals surface area contributed by atoms with Gasteiger partial charge in [0.2, 0.25) is 5.91 Å². The first kappa shape index (κ1) is 28.3. The summed E-state index contributed by atoms with van der Waals surface area (Å²) in [6.07, 6.45) is 24.1. The predicted octanol–water partition coefficient (Wildman–Crippen LogP) is 8.49. The smallest absolute Gasteiger partial charge is 0.220 e. The lowest BCUT2D eigenvalue weighted by molar-refractivity contribution is -0.127. The third kappa shape index (κ3) is 8.93. The number of hydrogen-bond donors (Lipinski definition) is 2. The Morgan fingerprint density at radius 3 is 2.08 bits per heavy atom. The van der Waals surface area contributed by atoms with Gasteiger partial charge in [0.05, 0.1) is 6.61 Å². The number of phenols is 1. The van der Waals surface area contributed by atoms with E-state index in [-0.39, 0.29) is 5.54 Å². The van der Waals surface area contributed by atoms with Crippen LogP contribution in [0.4, 0.5) is 0 Å². The van der Waals surface area contributed by atoms with Crippen molar-refractivity contribution in [3.05, 3.63) is 23.8 Å². The molecule has 0 aliphatic heterocycles. The SMILES string of the molecule is CCCCCCc1ccc(OCCCCCCCCCCC(=O)NC23CC4CC(CC(C4)C2)C3)cc1O. The number of unbranched alkanes of at least 4 members (excludes halogenated alkanes) is 10. The Labute approximate surface area is 226 Å². The van der Waals surface area contributed by atoms with Crippen molar-refractivity contribution in [3.63, 3.8) is 0 Å². The highest BCUT2D eigenvalue weighted by Gasteiger charge is 2.51. The maximum Gasteiger partial charge on any atom is 0.220 e. The van der Waals surface area contributed by atoms with E-state index in [1.54, 1.807) is 6.07 Å². The molecule has 37 heavy (non-hydrogen) atoms. The van der Waals surface area contributed by atoms with Gasteiger partial charge in [0.1, 0.15) is 11.5 Å². The van der Waals surface area contributed by atoms with Crippen LogP contribution in [-0.4, -0.2) is 23.2 Å². The molecule has 208 valence electrons. The Morgan fingerprint density at radius 1 is 0.865 bits per heavy atom. The van der Waals surface area contributed by atoms with Crippen LogP contribution < -0.4 is 10.1 Å². The minimum atomic E-state index is 0.174. The maximum atomic E-state index is 12.6. The average Bonchev–Trinajstić information content (AvgIpc) is 2.85. The normalized spacial score (nSPS) is 25.9. The molecule has 0 radical (unpaired) electrons. The number of carbonyl (C=O) groups is 1. The lowest BCUT2D eigenvalue weighted by Crippen LogP contribution is -2.59. The fourth-order valence-electron chi connectivity index (χ4n) is 7.85. The molecule has 0 aromatic heterocycles. The lowest BCUT2D eigenvalue weighted by Gasteiger charge is -2.56.